The van der Waals surface area contributed by atoms with Crippen LogP contribution in [0.4, 0.5) is 0 Å². The quantitative estimate of drug-likeness (QED) is 0.809. The Balaban J connectivity index is 2.21. The number of nitrogens with zero attached hydrogens (tertiary/aromatic N) is 4. The van der Waals surface area contributed by atoms with Gasteiger partial charge in [0.15, 0.2) is 0 Å². The van der Waals surface area contributed by atoms with E-state index >= 15 is 0 Å². The van der Waals surface area contributed by atoms with Crippen LogP contribution >= 0.6 is 0 Å². The number of aromatic nitrogens is 3. The van der Waals surface area contributed by atoms with Gasteiger partial charge in [-0.1, -0.05) is 0 Å². The van der Waals surface area contributed by atoms with Crippen LogP contribution in [-0.2, 0) is 0 Å². The van der Waals surface area contributed by atoms with E-state index in [0.717, 1.165) is 30.9 Å². The lowest BCUT2D eigenvalue weighted by molar-refractivity contribution is 0.403. The molecule has 1 fully saturated rings. The monoisotopic (exact) mass is 219 g/mol. The van der Waals surface area contributed by atoms with Crippen molar-refractivity contribution >= 4 is 0 Å². The molecule has 2 atom stereocenters. The predicted octanol–water partition coefficient (Wildman–Crippen LogP) is 1.10. The first-order chi connectivity index (χ1) is 7.60. The molecule has 5 heteroatoms. The van der Waals surface area contributed by atoms with Gasteiger partial charge in [0.25, 0.3) is 0 Å². The Kier molecular flexibility index (Phi) is 2.68. The minimum absolute atomic E-state index is 0.299. The fourth-order valence-corrected chi connectivity index (χ4v) is 2.49. The van der Waals surface area contributed by atoms with Gasteiger partial charge in [-0.2, -0.15) is 10.4 Å². The normalized spacial score (nSPS) is 29.2. The standard InChI is InChI=1S/C11H17N5/c1-8-14-9(2)16(15-8)10-4-5-11(6-10,7-12)13-3/h10,13H,4-6H2,1-3H3. The molecule has 1 aliphatic rings. The van der Waals surface area contributed by atoms with Crippen molar-refractivity contribution in [2.45, 2.75) is 44.7 Å². The first-order valence-electron chi connectivity index (χ1n) is 5.60. The van der Waals surface area contributed by atoms with E-state index in [1.54, 1.807) is 0 Å². The van der Waals surface area contributed by atoms with Crippen molar-refractivity contribution in [1.29, 1.82) is 5.26 Å². The molecule has 0 amide bonds. The van der Waals surface area contributed by atoms with Crippen LogP contribution in [0.2, 0.25) is 0 Å². The summed E-state index contributed by atoms with van der Waals surface area (Å²) in [5.41, 5.74) is -0.378. The number of hydrogen-bond donors (Lipinski definition) is 1. The minimum atomic E-state index is -0.378. The van der Waals surface area contributed by atoms with Crippen LogP contribution in [0.25, 0.3) is 0 Å². The fraction of sp³-hybridized carbons (Fsp3) is 0.727. The molecule has 0 saturated heterocycles. The Morgan fingerprint density at radius 2 is 2.31 bits per heavy atom. The van der Waals surface area contributed by atoms with E-state index in [4.69, 9.17) is 0 Å². The van der Waals surface area contributed by atoms with Crippen molar-refractivity contribution < 1.29 is 0 Å². The van der Waals surface area contributed by atoms with Gasteiger partial charge in [-0.15, -0.1) is 0 Å². The van der Waals surface area contributed by atoms with Crippen LogP contribution in [0.3, 0.4) is 0 Å². The van der Waals surface area contributed by atoms with Gasteiger partial charge in [-0.05, 0) is 33.7 Å². The third kappa shape index (κ3) is 1.69. The molecule has 0 bridgehead atoms. The molecule has 1 saturated carbocycles. The van der Waals surface area contributed by atoms with Crippen LogP contribution < -0.4 is 5.32 Å². The van der Waals surface area contributed by atoms with Gasteiger partial charge in [0.2, 0.25) is 0 Å². The van der Waals surface area contributed by atoms with E-state index < -0.39 is 0 Å². The highest BCUT2D eigenvalue weighted by atomic mass is 15.4. The summed E-state index contributed by atoms with van der Waals surface area (Å²) in [5.74, 6) is 1.74. The number of nitriles is 1. The van der Waals surface area contributed by atoms with Gasteiger partial charge in [0.05, 0.1) is 12.1 Å². The van der Waals surface area contributed by atoms with E-state index in [2.05, 4.69) is 21.5 Å². The first-order valence-corrected chi connectivity index (χ1v) is 5.60. The molecule has 1 aliphatic carbocycles. The molecule has 0 aromatic carbocycles. The maximum atomic E-state index is 9.20. The van der Waals surface area contributed by atoms with Crippen molar-refractivity contribution in [3.05, 3.63) is 11.6 Å². The second-order valence-electron chi connectivity index (χ2n) is 4.49. The molecule has 1 aromatic heterocycles. The maximum absolute atomic E-state index is 9.20. The second kappa shape index (κ2) is 3.87. The molecule has 0 spiro atoms. The third-order valence-electron chi connectivity index (χ3n) is 3.43. The van der Waals surface area contributed by atoms with Gasteiger partial charge in [-0.3, -0.25) is 0 Å². The van der Waals surface area contributed by atoms with Crippen LogP contribution in [0.5, 0.6) is 0 Å². The zero-order valence-electron chi connectivity index (χ0n) is 9.99. The molecule has 2 unspecified atom stereocenters. The Bertz CT molecular complexity index is 430. The van der Waals surface area contributed by atoms with Crippen LogP contribution in [0.15, 0.2) is 0 Å². The van der Waals surface area contributed by atoms with Crippen molar-refractivity contribution in [2.24, 2.45) is 0 Å². The second-order valence-corrected chi connectivity index (χ2v) is 4.49. The highest BCUT2D eigenvalue weighted by molar-refractivity contribution is 5.12. The SMILES string of the molecule is CNC1(C#N)CCC(n2nc(C)nc2C)C1. The third-order valence-corrected chi connectivity index (χ3v) is 3.43. The summed E-state index contributed by atoms with van der Waals surface area (Å²) in [6.07, 6.45) is 2.67. The number of nitrogens with one attached hydrogen (secondary N) is 1. The zero-order valence-corrected chi connectivity index (χ0v) is 9.99. The highest BCUT2D eigenvalue weighted by Gasteiger charge is 2.39. The molecule has 0 aliphatic heterocycles. The molecule has 5 nitrogen and oxygen atoms in total. The summed E-state index contributed by atoms with van der Waals surface area (Å²) in [7, 11) is 1.85. The molecule has 16 heavy (non-hydrogen) atoms. The summed E-state index contributed by atoms with van der Waals surface area (Å²) in [4.78, 5) is 4.30. The average Bonchev–Trinajstić information content (AvgIpc) is 2.83. The highest BCUT2D eigenvalue weighted by Crippen LogP contribution is 2.37. The summed E-state index contributed by atoms with van der Waals surface area (Å²) >= 11 is 0. The smallest absolute Gasteiger partial charge is 0.147 e. The van der Waals surface area contributed by atoms with E-state index in [1.165, 1.54) is 0 Å². The van der Waals surface area contributed by atoms with Crippen LogP contribution in [0, 0.1) is 25.2 Å². The lowest BCUT2D eigenvalue weighted by Gasteiger charge is -2.20. The van der Waals surface area contributed by atoms with E-state index in [0.29, 0.717) is 6.04 Å². The first kappa shape index (κ1) is 11.1. The summed E-state index contributed by atoms with van der Waals surface area (Å²) in [6, 6.07) is 2.68. The topological polar surface area (TPSA) is 66.5 Å². The summed E-state index contributed by atoms with van der Waals surface area (Å²) < 4.78 is 1.96. The Labute approximate surface area is 95.5 Å². The van der Waals surface area contributed by atoms with Crippen molar-refractivity contribution in [3.8, 4) is 6.07 Å². The number of hydrogen-bond acceptors (Lipinski definition) is 4. The van der Waals surface area contributed by atoms with Crippen molar-refractivity contribution in [2.75, 3.05) is 7.05 Å². The molecular weight excluding hydrogens is 202 g/mol. The Hall–Kier alpha value is -1.41. The molecule has 2 rings (SSSR count). The van der Waals surface area contributed by atoms with E-state index in [9.17, 15) is 5.26 Å². The van der Waals surface area contributed by atoms with Crippen LogP contribution in [-0.4, -0.2) is 27.4 Å². The molecular formula is C11H17N5. The molecule has 0 radical (unpaired) electrons. The number of rotatable bonds is 2. The predicted molar refractivity (Wildman–Crippen MR) is 59.8 cm³/mol. The lowest BCUT2D eigenvalue weighted by atomic mass is 10.0. The van der Waals surface area contributed by atoms with Gasteiger partial charge >= 0.3 is 0 Å². The minimum Gasteiger partial charge on any atom is -0.302 e. The van der Waals surface area contributed by atoms with E-state index in [1.807, 2.05) is 25.6 Å². The Morgan fingerprint density at radius 1 is 1.56 bits per heavy atom. The van der Waals surface area contributed by atoms with Crippen LogP contribution in [0.1, 0.15) is 37.0 Å². The average molecular weight is 219 g/mol. The Morgan fingerprint density at radius 3 is 2.75 bits per heavy atom. The zero-order chi connectivity index (χ0) is 11.8. The van der Waals surface area contributed by atoms with E-state index in [-0.39, 0.29) is 5.54 Å². The van der Waals surface area contributed by atoms with Gasteiger partial charge < -0.3 is 5.32 Å². The van der Waals surface area contributed by atoms with Gasteiger partial charge in [-0.25, -0.2) is 9.67 Å². The molecule has 1 N–H and O–H groups in total. The van der Waals surface area contributed by atoms with Crippen molar-refractivity contribution in [3.63, 3.8) is 0 Å². The van der Waals surface area contributed by atoms with Gasteiger partial charge in [0, 0.05) is 6.42 Å². The summed E-state index contributed by atoms with van der Waals surface area (Å²) in [6.45, 7) is 3.86. The number of aryl methyl sites for hydroxylation is 2. The molecule has 1 heterocycles. The molecule has 86 valence electrons. The lowest BCUT2D eigenvalue weighted by Crippen LogP contribution is -2.38. The fourth-order valence-electron chi connectivity index (χ4n) is 2.49. The summed E-state index contributed by atoms with van der Waals surface area (Å²) in [5, 5.41) is 16.7. The maximum Gasteiger partial charge on any atom is 0.147 e. The van der Waals surface area contributed by atoms with Gasteiger partial charge in [0.1, 0.15) is 17.2 Å². The molecule has 1 aromatic rings. The largest absolute Gasteiger partial charge is 0.302 e. The van der Waals surface area contributed by atoms with Crippen molar-refractivity contribution in [1.82, 2.24) is 20.1 Å².